The molecule has 0 N–H and O–H groups in total. The van der Waals surface area contributed by atoms with Crippen LogP contribution < -0.4 is 0 Å². The van der Waals surface area contributed by atoms with Crippen LogP contribution >= 0.6 is 0 Å². The van der Waals surface area contributed by atoms with Crippen LogP contribution in [0.2, 0.25) is 0 Å². The van der Waals surface area contributed by atoms with Gasteiger partial charge in [0.25, 0.3) is 0 Å². The van der Waals surface area contributed by atoms with E-state index in [-0.39, 0.29) is 5.16 Å². The molecule has 1 aromatic heterocycles. The lowest BCUT2D eigenvalue weighted by molar-refractivity contribution is -0.137. The van der Waals surface area contributed by atoms with Gasteiger partial charge in [0, 0.05) is 11.8 Å². The van der Waals surface area contributed by atoms with Crippen molar-refractivity contribution in [3.63, 3.8) is 0 Å². The summed E-state index contributed by atoms with van der Waals surface area (Å²) in [7, 11) is -1.40. The van der Waals surface area contributed by atoms with Crippen LogP contribution in [0.3, 0.4) is 0 Å². The van der Waals surface area contributed by atoms with Crippen molar-refractivity contribution in [3.8, 4) is 11.3 Å². The molecule has 8 heteroatoms. The maximum atomic E-state index is 12.4. The molecule has 0 spiro atoms. The second-order valence-electron chi connectivity index (χ2n) is 3.65. The molecule has 0 aliphatic rings. The molecule has 0 saturated carbocycles. The van der Waals surface area contributed by atoms with E-state index in [1.807, 2.05) is 0 Å². The molecule has 0 fully saturated rings. The quantitative estimate of drug-likeness (QED) is 0.850. The molecule has 0 aliphatic heterocycles. The Morgan fingerprint density at radius 2 is 1.79 bits per heavy atom. The van der Waals surface area contributed by atoms with Gasteiger partial charge in [-0.3, -0.25) is 4.21 Å². The van der Waals surface area contributed by atoms with Gasteiger partial charge in [0.1, 0.15) is 0 Å². The van der Waals surface area contributed by atoms with Crippen molar-refractivity contribution in [2.45, 2.75) is 11.3 Å². The molecule has 100 valence electrons. The third-order valence-corrected chi connectivity index (χ3v) is 2.99. The monoisotopic (exact) mass is 287 g/mol. The summed E-state index contributed by atoms with van der Waals surface area (Å²) in [6.07, 6.45) is -1.68. The fourth-order valence-corrected chi connectivity index (χ4v) is 1.77. The van der Waals surface area contributed by atoms with Crippen molar-refractivity contribution in [1.29, 1.82) is 0 Å². The molecule has 0 bridgehead atoms. The van der Waals surface area contributed by atoms with Gasteiger partial charge in [0.2, 0.25) is 5.16 Å². The average Bonchev–Trinajstić information content (AvgIpc) is 2.38. The summed E-state index contributed by atoms with van der Waals surface area (Å²) >= 11 is 0. The summed E-state index contributed by atoms with van der Waals surface area (Å²) in [5.74, 6) is 0. The molecule has 4 nitrogen and oxygen atoms in total. The SMILES string of the molecule is CS(=O)c1nncc(-c2ccc(C(F)(F)F)cc2)n1. The average molecular weight is 287 g/mol. The molecule has 0 radical (unpaired) electrons. The van der Waals surface area contributed by atoms with E-state index in [0.29, 0.717) is 11.3 Å². The van der Waals surface area contributed by atoms with Crippen molar-refractivity contribution in [2.24, 2.45) is 0 Å². The van der Waals surface area contributed by atoms with E-state index >= 15 is 0 Å². The van der Waals surface area contributed by atoms with Gasteiger partial charge >= 0.3 is 6.18 Å². The van der Waals surface area contributed by atoms with Gasteiger partial charge < -0.3 is 0 Å². The minimum Gasteiger partial charge on any atom is -0.251 e. The van der Waals surface area contributed by atoms with Crippen LogP contribution in [0.4, 0.5) is 13.2 Å². The summed E-state index contributed by atoms with van der Waals surface area (Å²) in [5.41, 5.74) is 0.0427. The van der Waals surface area contributed by atoms with Crippen molar-refractivity contribution >= 4 is 10.8 Å². The lowest BCUT2D eigenvalue weighted by Gasteiger charge is -2.07. The van der Waals surface area contributed by atoms with E-state index in [9.17, 15) is 17.4 Å². The van der Waals surface area contributed by atoms with E-state index < -0.39 is 22.5 Å². The highest BCUT2D eigenvalue weighted by Gasteiger charge is 2.30. The highest BCUT2D eigenvalue weighted by Crippen LogP contribution is 2.30. The van der Waals surface area contributed by atoms with E-state index in [4.69, 9.17) is 0 Å². The Morgan fingerprint density at radius 1 is 1.16 bits per heavy atom. The highest BCUT2D eigenvalue weighted by molar-refractivity contribution is 7.84. The molecule has 19 heavy (non-hydrogen) atoms. The predicted octanol–water partition coefficient (Wildman–Crippen LogP) is 2.29. The maximum absolute atomic E-state index is 12.4. The van der Waals surface area contributed by atoms with Crippen LogP contribution in [0.25, 0.3) is 11.3 Å². The lowest BCUT2D eigenvalue weighted by Crippen LogP contribution is -2.04. The molecular weight excluding hydrogens is 279 g/mol. The van der Waals surface area contributed by atoms with Crippen LogP contribution in [0.15, 0.2) is 35.6 Å². The second kappa shape index (κ2) is 5.04. The Labute approximate surface area is 109 Å². The van der Waals surface area contributed by atoms with Crippen LogP contribution in [0.5, 0.6) is 0 Å². The Balaban J connectivity index is 2.37. The summed E-state index contributed by atoms with van der Waals surface area (Å²) < 4.78 is 48.5. The summed E-state index contributed by atoms with van der Waals surface area (Å²) in [6.45, 7) is 0. The first kappa shape index (κ1) is 13.6. The first-order valence-electron chi connectivity index (χ1n) is 5.09. The van der Waals surface area contributed by atoms with Gasteiger partial charge in [0.05, 0.1) is 28.3 Å². The largest absolute Gasteiger partial charge is 0.416 e. The fraction of sp³-hybridized carbons (Fsp3) is 0.182. The molecule has 0 aliphatic carbocycles. The Kier molecular flexibility index (Phi) is 3.61. The number of rotatable bonds is 2. The maximum Gasteiger partial charge on any atom is 0.416 e. The molecule has 1 atom stereocenters. The Morgan fingerprint density at radius 3 is 2.32 bits per heavy atom. The number of alkyl halides is 3. The number of nitrogens with zero attached hydrogens (tertiary/aromatic N) is 3. The van der Waals surface area contributed by atoms with Crippen LogP contribution in [-0.2, 0) is 17.0 Å². The van der Waals surface area contributed by atoms with E-state index in [2.05, 4.69) is 15.2 Å². The first-order valence-corrected chi connectivity index (χ1v) is 6.64. The zero-order valence-corrected chi connectivity index (χ0v) is 10.5. The molecule has 2 rings (SSSR count). The summed E-state index contributed by atoms with van der Waals surface area (Å²) in [4.78, 5) is 3.98. The number of benzene rings is 1. The van der Waals surface area contributed by atoms with Crippen LogP contribution in [0.1, 0.15) is 5.56 Å². The third kappa shape index (κ3) is 3.14. The number of halogens is 3. The van der Waals surface area contributed by atoms with Crippen molar-refractivity contribution in [3.05, 3.63) is 36.0 Å². The molecule has 0 saturated heterocycles. The molecule has 1 heterocycles. The number of hydrogen-bond donors (Lipinski definition) is 0. The fourth-order valence-electron chi connectivity index (χ4n) is 1.38. The Hall–Kier alpha value is -1.83. The molecular formula is C11H8F3N3OS. The van der Waals surface area contributed by atoms with E-state index in [0.717, 1.165) is 12.1 Å². The minimum absolute atomic E-state index is 0.0393. The molecule has 1 aromatic carbocycles. The van der Waals surface area contributed by atoms with Gasteiger partial charge in [-0.05, 0) is 12.1 Å². The predicted molar refractivity (Wildman–Crippen MR) is 62.6 cm³/mol. The number of hydrogen-bond acceptors (Lipinski definition) is 4. The molecule has 2 aromatic rings. The van der Waals surface area contributed by atoms with Gasteiger partial charge in [0.15, 0.2) is 0 Å². The van der Waals surface area contributed by atoms with Gasteiger partial charge in [-0.25, -0.2) is 4.98 Å². The number of aromatic nitrogens is 3. The van der Waals surface area contributed by atoms with Crippen molar-refractivity contribution in [1.82, 2.24) is 15.2 Å². The Bertz CT molecular complexity index is 613. The normalized spacial score (nSPS) is 13.3. The van der Waals surface area contributed by atoms with E-state index in [1.165, 1.54) is 24.6 Å². The van der Waals surface area contributed by atoms with Gasteiger partial charge in [-0.2, -0.15) is 18.3 Å². The van der Waals surface area contributed by atoms with Crippen molar-refractivity contribution < 1.29 is 17.4 Å². The zero-order valence-electron chi connectivity index (χ0n) is 9.68. The van der Waals surface area contributed by atoms with Crippen LogP contribution in [-0.4, -0.2) is 25.6 Å². The highest BCUT2D eigenvalue weighted by atomic mass is 32.2. The second-order valence-corrected chi connectivity index (χ2v) is 4.93. The topological polar surface area (TPSA) is 55.7 Å². The molecule has 1 unspecified atom stereocenters. The minimum atomic E-state index is -4.38. The lowest BCUT2D eigenvalue weighted by atomic mass is 10.1. The smallest absolute Gasteiger partial charge is 0.251 e. The molecule has 0 amide bonds. The standard InChI is InChI=1S/C11H8F3N3OS/c1-19(18)10-16-9(6-15-17-10)7-2-4-8(5-3-7)11(12,13)14/h2-6H,1H3. The zero-order chi connectivity index (χ0) is 14.0. The summed E-state index contributed by atoms with van der Waals surface area (Å²) in [6, 6.07) is 4.49. The van der Waals surface area contributed by atoms with Gasteiger partial charge in [-0.1, -0.05) is 12.1 Å². The van der Waals surface area contributed by atoms with Gasteiger partial charge in [-0.15, -0.1) is 5.10 Å². The third-order valence-electron chi connectivity index (χ3n) is 2.30. The van der Waals surface area contributed by atoms with Crippen LogP contribution in [0, 0.1) is 0 Å². The first-order chi connectivity index (χ1) is 8.88. The van der Waals surface area contributed by atoms with Crippen molar-refractivity contribution in [2.75, 3.05) is 6.26 Å². The van der Waals surface area contributed by atoms with E-state index in [1.54, 1.807) is 0 Å². The summed E-state index contributed by atoms with van der Waals surface area (Å²) in [5, 5.41) is 7.24.